The van der Waals surface area contributed by atoms with E-state index >= 15 is 0 Å². The van der Waals surface area contributed by atoms with E-state index in [0.29, 0.717) is 16.7 Å². The molecule has 0 aliphatic carbocycles. The van der Waals surface area contributed by atoms with Gasteiger partial charge < -0.3 is 28.4 Å². The molecule has 40 heavy (non-hydrogen) atoms. The molecule has 2 aromatic carbocycles. The molecule has 0 aromatic heterocycles. The van der Waals surface area contributed by atoms with Gasteiger partial charge in [0, 0.05) is 27.7 Å². The average molecular weight is 558 g/mol. The highest BCUT2D eigenvalue weighted by Gasteiger charge is 2.53. The summed E-state index contributed by atoms with van der Waals surface area (Å²) in [6.07, 6.45) is -6.63. The highest BCUT2D eigenvalue weighted by molar-refractivity contribution is 5.69. The minimum Gasteiger partial charge on any atom is -0.463 e. The van der Waals surface area contributed by atoms with E-state index in [9.17, 15) is 23.6 Å². The van der Waals surface area contributed by atoms with Crippen molar-refractivity contribution < 1.29 is 52.0 Å². The van der Waals surface area contributed by atoms with Crippen LogP contribution in [0.25, 0.3) is 11.1 Å². The predicted octanol–water partition coefficient (Wildman–Crippen LogP) is 3.13. The van der Waals surface area contributed by atoms with E-state index in [0.717, 1.165) is 26.8 Å². The molecule has 1 aliphatic rings. The highest BCUT2D eigenvalue weighted by atomic mass is 19.1. The van der Waals surface area contributed by atoms with E-state index in [1.165, 1.54) is 19.1 Å². The van der Waals surface area contributed by atoms with Crippen molar-refractivity contribution in [1.29, 1.82) is 5.26 Å². The zero-order valence-electron chi connectivity index (χ0n) is 22.5. The van der Waals surface area contributed by atoms with Crippen LogP contribution in [0.5, 0.6) is 5.75 Å². The molecule has 5 atom stereocenters. The summed E-state index contributed by atoms with van der Waals surface area (Å²) in [4.78, 5) is 47.4. The summed E-state index contributed by atoms with van der Waals surface area (Å²) >= 11 is 0. The van der Waals surface area contributed by atoms with Gasteiger partial charge in [-0.2, -0.15) is 5.26 Å². The lowest BCUT2D eigenvalue weighted by Crippen LogP contribution is -2.63. The molecule has 1 fully saturated rings. The number of carbonyl (C=O) groups is 4. The Hall–Kier alpha value is -4.50. The van der Waals surface area contributed by atoms with Gasteiger partial charge in [0.2, 0.25) is 12.4 Å². The van der Waals surface area contributed by atoms with Crippen LogP contribution >= 0.6 is 0 Å². The maximum absolute atomic E-state index is 14.0. The van der Waals surface area contributed by atoms with E-state index in [1.54, 1.807) is 25.1 Å². The number of rotatable bonds is 8. The predicted molar refractivity (Wildman–Crippen MR) is 134 cm³/mol. The second-order valence-electron chi connectivity index (χ2n) is 9.01. The monoisotopic (exact) mass is 557 g/mol. The highest BCUT2D eigenvalue weighted by Crippen LogP contribution is 2.33. The Kier molecular flexibility index (Phi) is 9.79. The minimum absolute atomic E-state index is 0.158. The summed E-state index contributed by atoms with van der Waals surface area (Å²) in [5, 5.41) is 9.16. The lowest BCUT2D eigenvalue weighted by atomic mass is 9.98. The van der Waals surface area contributed by atoms with Crippen molar-refractivity contribution in [1.82, 2.24) is 0 Å². The smallest absolute Gasteiger partial charge is 0.303 e. The minimum atomic E-state index is -1.40. The van der Waals surface area contributed by atoms with E-state index < -0.39 is 67.0 Å². The average Bonchev–Trinajstić information content (AvgIpc) is 2.86. The number of aryl methyl sites for hydroxylation is 1. The number of carbonyl (C=O) groups excluding carboxylic acids is 4. The zero-order valence-corrected chi connectivity index (χ0v) is 22.5. The normalized spacial score (nSPS) is 21.9. The van der Waals surface area contributed by atoms with Crippen molar-refractivity contribution in [3.05, 3.63) is 53.3 Å². The molecule has 12 heteroatoms. The van der Waals surface area contributed by atoms with Crippen LogP contribution in [-0.2, 0) is 42.9 Å². The Labute approximate surface area is 229 Å². The van der Waals surface area contributed by atoms with Gasteiger partial charge >= 0.3 is 23.9 Å². The zero-order chi connectivity index (χ0) is 29.6. The molecule has 11 nitrogen and oxygen atoms in total. The SMILES string of the molecule is CC(=O)OC[C@H]1O[C@H](Oc2ccc(-c3cc(F)cc(C#N)c3)cc2C)[C@@H](OC(C)=O)[C@@H](OC(C)=O)[C@@H]1OC(C)=O. The van der Waals surface area contributed by atoms with E-state index in [2.05, 4.69) is 0 Å². The molecule has 0 radical (unpaired) electrons. The summed E-state index contributed by atoms with van der Waals surface area (Å²) in [7, 11) is 0. The van der Waals surface area contributed by atoms with Crippen LogP contribution in [0.4, 0.5) is 4.39 Å². The largest absolute Gasteiger partial charge is 0.463 e. The van der Waals surface area contributed by atoms with Crippen molar-refractivity contribution in [2.45, 2.75) is 65.3 Å². The molecule has 3 rings (SSSR count). The summed E-state index contributed by atoms with van der Waals surface area (Å²) in [6, 6.07) is 10.7. The molecule has 0 unspecified atom stereocenters. The number of benzene rings is 2. The van der Waals surface area contributed by atoms with Gasteiger partial charge in [-0.1, -0.05) is 6.07 Å². The summed E-state index contributed by atoms with van der Waals surface area (Å²) in [5.74, 6) is -3.21. The van der Waals surface area contributed by atoms with Crippen LogP contribution in [0.15, 0.2) is 36.4 Å². The number of esters is 4. The first-order valence-corrected chi connectivity index (χ1v) is 12.2. The third-order valence-electron chi connectivity index (χ3n) is 5.73. The number of halogens is 1. The van der Waals surface area contributed by atoms with Crippen molar-refractivity contribution >= 4 is 23.9 Å². The van der Waals surface area contributed by atoms with Crippen molar-refractivity contribution in [2.75, 3.05) is 6.61 Å². The third-order valence-corrected chi connectivity index (χ3v) is 5.73. The Morgan fingerprint density at radius 3 is 2.05 bits per heavy atom. The molecule has 0 spiro atoms. The molecule has 0 bridgehead atoms. The van der Waals surface area contributed by atoms with Gasteiger partial charge in [0.05, 0.1) is 11.6 Å². The molecule has 1 aliphatic heterocycles. The Balaban J connectivity index is 2.00. The van der Waals surface area contributed by atoms with Crippen LogP contribution in [0.3, 0.4) is 0 Å². The maximum Gasteiger partial charge on any atom is 0.303 e. The summed E-state index contributed by atoms with van der Waals surface area (Å²) in [6.45, 7) is 5.86. The Bertz CT molecular complexity index is 1340. The first kappa shape index (κ1) is 30.0. The first-order chi connectivity index (χ1) is 18.9. The van der Waals surface area contributed by atoms with Crippen LogP contribution in [0.2, 0.25) is 0 Å². The van der Waals surface area contributed by atoms with E-state index in [-0.39, 0.29) is 11.3 Å². The van der Waals surface area contributed by atoms with Crippen LogP contribution < -0.4 is 4.74 Å². The van der Waals surface area contributed by atoms with Gasteiger partial charge in [0.25, 0.3) is 0 Å². The Morgan fingerprint density at radius 2 is 1.48 bits per heavy atom. The molecule has 1 saturated heterocycles. The number of hydrogen-bond acceptors (Lipinski definition) is 11. The van der Waals surface area contributed by atoms with E-state index in [1.807, 2.05) is 6.07 Å². The fourth-order valence-electron chi connectivity index (χ4n) is 4.19. The molecular weight excluding hydrogens is 529 g/mol. The number of nitriles is 1. The molecule has 0 N–H and O–H groups in total. The lowest BCUT2D eigenvalue weighted by Gasteiger charge is -2.44. The van der Waals surface area contributed by atoms with Gasteiger partial charge in [0.1, 0.15) is 24.3 Å². The number of nitrogens with zero attached hydrogens (tertiary/aromatic N) is 1. The number of hydrogen-bond donors (Lipinski definition) is 0. The standard InChI is InChI=1S/C28H28FNO10/c1-14-8-20(21-9-19(12-30)10-22(29)11-21)6-7-23(14)39-28-27(38-18(5)34)26(37-17(4)33)25(36-16(3)32)24(40-28)13-35-15(2)31/h6-11,24-28H,13H2,1-5H3/t24-,25-,26+,27+,28+/m1/s1. The fraction of sp³-hybridized carbons (Fsp3) is 0.393. The topological polar surface area (TPSA) is 147 Å². The number of ether oxygens (including phenoxy) is 6. The first-order valence-electron chi connectivity index (χ1n) is 12.2. The second-order valence-corrected chi connectivity index (χ2v) is 9.01. The van der Waals surface area contributed by atoms with Gasteiger partial charge in [-0.3, -0.25) is 19.2 Å². The van der Waals surface area contributed by atoms with E-state index in [4.69, 9.17) is 33.7 Å². The second kappa shape index (κ2) is 13.0. The summed E-state index contributed by atoms with van der Waals surface area (Å²) in [5.41, 5.74) is 1.79. The van der Waals surface area contributed by atoms with Crippen molar-refractivity contribution in [3.63, 3.8) is 0 Å². The maximum atomic E-state index is 14.0. The molecular formula is C28H28FNO10. The molecule has 212 valence electrons. The summed E-state index contributed by atoms with van der Waals surface area (Å²) < 4.78 is 47.2. The van der Waals surface area contributed by atoms with Crippen LogP contribution in [0, 0.1) is 24.1 Å². The van der Waals surface area contributed by atoms with Gasteiger partial charge in [0.15, 0.2) is 12.2 Å². The fourth-order valence-corrected chi connectivity index (χ4v) is 4.19. The Morgan fingerprint density at radius 1 is 0.850 bits per heavy atom. The van der Waals surface area contributed by atoms with Crippen LogP contribution in [-0.4, -0.2) is 61.2 Å². The van der Waals surface area contributed by atoms with Gasteiger partial charge in [-0.25, -0.2) is 4.39 Å². The molecule has 0 amide bonds. The quantitative estimate of drug-likeness (QED) is 0.348. The van der Waals surface area contributed by atoms with Gasteiger partial charge in [-0.05, 0) is 53.9 Å². The molecule has 0 saturated carbocycles. The van der Waals surface area contributed by atoms with Crippen LogP contribution in [0.1, 0.15) is 38.8 Å². The third kappa shape index (κ3) is 7.77. The molecule has 2 aromatic rings. The van der Waals surface area contributed by atoms with Crippen molar-refractivity contribution in [3.8, 4) is 22.9 Å². The van der Waals surface area contributed by atoms with Crippen molar-refractivity contribution in [2.24, 2.45) is 0 Å². The lowest BCUT2D eigenvalue weighted by molar-refractivity contribution is -0.288. The van der Waals surface area contributed by atoms with Gasteiger partial charge in [-0.15, -0.1) is 0 Å². The molecule has 1 heterocycles.